The number of hydrogen-bond donors (Lipinski definition) is 3. The number of aromatic hydroxyl groups is 1. The molecular formula is C24H22O7. The average Bonchev–Trinajstić information content (AvgIpc) is 2.69. The molecule has 1 aliphatic carbocycles. The second-order valence-electron chi connectivity index (χ2n) is 8.31. The number of benzene rings is 2. The van der Waals surface area contributed by atoms with Crippen molar-refractivity contribution in [2.75, 3.05) is 0 Å². The molecule has 2 atom stereocenters. The highest BCUT2D eigenvalue weighted by molar-refractivity contribution is 6.32. The number of phenols is 1. The lowest BCUT2D eigenvalue weighted by Gasteiger charge is -2.24. The van der Waals surface area contributed by atoms with E-state index < -0.39 is 28.7 Å². The Kier molecular flexibility index (Phi) is 4.83. The predicted molar refractivity (Wildman–Crippen MR) is 113 cm³/mol. The van der Waals surface area contributed by atoms with Gasteiger partial charge in [-0.2, -0.15) is 0 Å². The summed E-state index contributed by atoms with van der Waals surface area (Å²) in [4.78, 5) is 39.3. The molecule has 7 nitrogen and oxygen atoms in total. The van der Waals surface area contributed by atoms with Crippen molar-refractivity contribution in [3.05, 3.63) is 74.1 Å². The number of rotatable bonds is 4. The Labute approximate surface area is 177 Å². The highest BCUT2D eigenvalue weighted by Gasteiger charge is 2.36. The molecule has 7 heteroatoms. The van der Waals surface area contributed by atoms with E-state index in [4.69, 9.17) is 4.42 Å². The Morgan fingerprint density at radius 1 is 1.06 bits per heavy atom. The van der Waals surface area contributed by atoms with Gasteiger partial charge in [0, 0.05) is 17.2 Å². The van der Waals surface area contributed by atoms with E-state index in [1.54, 1.807) is 13.8 Å². The van der Waals surface area contributed by atoms with Crippen LogP contribution in [-0.4, -0.2) is 33.0 Å². The van der Waals surface area contributed by atoms with E-state index in [1.807, 2.05) is 0 Å². The number of aryl methyl sites for hydroxylation is 1. The zero-order chi connectivity index (χ0) is 22.7. The molecule has 1 heterocycles. The number of hydrogen-bond acceptors (Lipinski definition) is 7. The van der Waals surface area contributed by atoms with Crippen LogP contribution in [0.25, 0.3) is 11.0 Å². The second kappa shape index (κ2) is 7.14. The molecule has 4 rings (SSSR count). The molecule has 2 aromatic carbocycles. The first-order valence-corrected chi connectivity index (χ1v) is 9.96. The Morgan fingerprint density at radius 2 is 1.77 bits per heavy atom. The van der Waals surface area contributed by atoms with E-state index in [0.29, 0.717) is 5.56 Å². The molecule has 3 aromatic rings. The van der Waals surface area contributed by atoms with Crippen LogP contribution in [0.3, 0.4) is 0 Å². The van der Waals surface area contributed by atoms with E-state index >= 15 is 0 Å². The van der Waals surface area contributed by atoms with Gasteiger partial charge in [0.1, 0.15) is 22.7 Å². The summed E-state index contributed by atoms with van der Waals surface area (Å²) in [5.74, 6) is -1.49. The van der Waals surface area contributed by atoms with Crippen molar-refractivity contribution in [1.29, 1.82) is 0 Å². The number of fused-ring (bicyclic) bond motifs is 4. The molecular weight excluding hydrogens is 400 g/mol. The number of phenolic OH excluding ortho intramolecular Hbond substituents is 1. The number of aliphatic hydroxyl groups is 2. The van der Waals surface area contributed by atoms with Crippen LogP contribution in [-0.2, 0) is 5.60 Å². The van der Waals surface area contributed by atoms with Gasteiger partial charge in [0.15, 0.2) is 11.2 Å². The minimum Gasteiger partial charge on any atom is -0.507 e. The summed E-state index contributed by atoms with van der Waals surface area (Å²) >= 11 is 0. The van der Waals surface area contributed by atoms with E-state index in [2.05, 4.69) is 0 Å². The maximum Gasteiger partial charge on any atom is 0.202 e. The zero-order valence-corrected chi connectivity index (χ0v) is 17.4. The first kappa shape index (κ1) is 21.0. The van der Waals surface area contributed by atoms with Crippen molar-refractivity contribution in [3.8, 4) is 5.75 Å². The molecule has 31 heavy (non-hydrogen) atoms. The molecule has 0 amide bonds. The third-order valence-electron chi connectivity index (χ3n) is 5.76. The fourth-order valence-electron chi connectivity index (χ4n) is 4.05. The summed E-state index contributed by atoms with van der Waals surface area (Å²) < 4.78 is 5.91. The lowest BCUT2D eigenvalue weighted by atomic mass is 9.81. The molecule has 0 bridgehead atoms. The maximum atomic E-state index is 13.3. The van der Waals surface area contributed by atoms with Crippen LogP contribution in [0.2, 0.25) is 0 Å². The first-order valence-electron chi connectivity index (χ1n) is 9.96. The molecule has 160 valence electrons. The van der Waals surface area contributed by atoms with Crippen molar-refractivity contribution in [3.63, 3.8) is 0 Å². The van der Waals surface area contributed by atoms with Crippen molar-refractivity contribution in [2.24, 2.45) is 0 Å². The van der Waals surface area contributed by atoms with Crippen molar-refractivity contribution in [2.45, 2.75) is 45.3 Å². The topological polar surface area (TPSA) is 125 Å². The molecule has 1 aromatic heterocycles. The quantitative estimate of drug-likeness (QED) is 0.462. The lowest BCUT2D eigenvalue weighted by molar-refractivity contribution is 0.0120. The summed E-state index contributed by atoms with van der Waals surface area (Å²) in [5.41, 5.74) is -1.76. The standard InChI is InChI=1S/C24H22O7/c1-11-9-14-20(22(29)19-13(21(14)28)5-4-6-15(19)26)23-18(11)16(27)10-17(31-23)24(3,30)8-7-12(2)25/h4-6,9-10,12,25-26,30H,7-8H2,1-3H3/t12-,24+/m0/s1. The number of ketones is 2. The molecule has 0 fully saturated rings. The zero-order valence-electron chi connectivity index (χ0n) is 17.4. The number of aliphatic hydroxyl groups excluding tert-OH is 1. The summed E-state index contributed by atoms with van der Waals surface area (Å²) in [6.07, 6.45) is -0.282. The predicted octanol–water partition coefficient (Wildman–Crippen LogP) is 2.95. The van der Waals surface area contributed by atoms with Crippen LogP contribution in [0.1, 0.15) is 69.9 Å². The smallest absolute Gasteiger partial charge is 0.202 e. The van der Waals surface area contributed by atoms with Crippen LogP contribution >= 0.6 is 0 Å². The minimum absolute atomic E-state index is 0.0678. The van der Waals surface area contributed by atoms with Crippen molar-refractivity contribution >= 4 is 22.5 Å². The van der Waals surface area contributed by atoms with Crippen molar-refractivity contribution in [1.82, 2.24) is 0 Å². The lowest BCUT2D eigenvalue weighted by Crippen LogP contribution is -2.26. The van der Waals surface area contributed by atoms with Gasteiger partial charge in [-0.1, -0.05) is 12.1 Å². The first-order chi connectivity index (χ1) is 14.5. The molecule has 1 aliphatic rings. The van der Waals surface area contributed by atoms with Gasteiger partial charge in [-0.25, -0.2) is 0 Å². The van der Waals surface area contributed by atoms with Gasteiger partial charge in [-0.05, 0) is 51.3 Å². The minimum atomic E-state index is -1.58. The van der Waals surface area contributed by atoms with E-state index in [9.17, 15) is 29.7 Å². The third-order valence-corrected chi connectivity index (χ3v) is 5.76. The van der Waals surface area contributed by atoms with E-state index in [1.165, 1.54) is 37.3 Å². The molecule has 0 saturated heterocycles. The van der Waals surface area contributed by atoms with Crippen LogP contribution in [0.15, 0.2) is 39.5 Å². The van der Waals surface area contributed by atoms with Gasteiger partial charge in [-0.3, -0.25) is 14.4 Å². The molecule has 0 saturated carbocycles. The van der Waals surface area contributed by atoms with Gasteiger partial charge in [-0.15, -0.1) is 0 Å². The molecule has 0 aliphatic heterocycles. The summed E-state index contributed by atoms with van der Waals surface area (Å²) in [7, 11) is 0. The largest absolute Gasteiger partial charge is 0.507 e. The van der Waals surface area contributed by atoms with Gasteiger partial charge in [0.25, 0.3) is 0 Å². The summed E-state index contributed by atoms with van der Waals surface area (Å²) in [6.45, 7) is 4.68. The van der Waals surface area contributed by atoms with Crippen LogP contribution < -0.4 is 5.43 Å². The number of carbonyl (C=O) groups is 2. The van der Waals surface area contributed by atoms with E-state index in [-0.39, 0.29) is 57.6 Å². The molecule has 0 radical (unpaired) electrons. The molecule has 0 spiro atoms. The summed E-state index contributed by atoms with van der Waals surface area (Å²) in [6, 6.07) is 6.91. The Balaban J connectivity index is 2.02. The Bertz CT molecular complexity index is 1310. The molecule has 3 N–H and O–H groups in total. The fraction of sp³-hybridized carbons (Fsp3) is 0.292. The normalized spacial score (nSPS) is 16.0. The second-order valence-corrected chi connectivity index (χ2v) is 8.31. The van der Waals surface area contributed by atoms with Gasteiger partial charge in [0.05, 0.1) is 22.6 Å². The van der Waals surface area contributed by atoms with Crippen LogP contribution in [0.5, 0.6) is 5.75 Å². The highest BCUT2D eigenvalue weighted by Crippen LogP contribution is 2.38. The Morgan fingerprint density at radius 3 is 2.45 bits per heavy atom. The SMILES string of the molecule is Cc1cc2c(c3oc([C@](C)(O)CC[C@H](C)O)cc(=O)c13)C(=O)c1c(O)cccc1C2=O. The summed E-state index contributed by atoms with van der Waals surface area (Å²) in [5, 5.41) is 30.8. The van der Waals surface area contributed by atoms with Crippen molar-refractivity contribution < 1.29 is 29.3 Å². The van der Waals surface area contributed by atoms with Gasteiger partial charge in [0.2, 0.25) is 5.78 Å². The highest BCUT2D eigenvalue weighted by atomic mass is 16.4. The van der Waals surface area contributed by atoms with Gasteiger partial charge < -0.3 is 19.7 Å². The third kappa shape index (κ3) is 3.26. The number of carbonyl (C=O) groups excluding carboxylic acids is 2. The monoisotopic (exact) mass is 422 g/mol. The van der Waals surface area contributed by atoms with Crippen LogP contribution in [0.4, 0.5) is 0 Å². The Hall–Kier alpha value is -3.29. The maximum absolute atomic E-state index is 13.3. The van der Waals surface area contributed by atoms with Crippen LogP contribution in [0, 0.1) is 6.92 Å². The van der Waals surface area contributed by atoms with E-state index in [0.717, 1.165) is 0 Å². The van der Waals surface area contributed by atoms with Gasteiger partial charge >= 0.3 is 0 Å². The average molecular weight is 422 g/mol. The molecule has 0 unspecified atom stereocenters. The fourth-order valence-corrected chi connectivity index (χ4v) is 4.05.